The summed E-state index contributed by atoms with van der Waals surface area (Å²) in [5.74, 6) is -1.06. The first-order valence-electron chi connectivity index (χ1n) is 8.72. The number of carbonyl (C=O) groups excluding carboxylic acids is 3. The maximum Gasteiger partial charge on any atom is 0.331 e. The maximum atomic E-state index is 12.2. The summed E-state index contributed by atoms with van der Waals surface area (Å²) >= 11 is 0. The fraction of sp³-hybridized carbons (Fsp3) is 0.190. The molecule has 146 valence electrons. The Morgan fingerprint density at radius 3 is 2.43 bits per heavy atom. The van der Waals surface area contributed by atoms with Gasteiger partial charge in [0.2, 0.25) is 5.91 Å². The number of anilines is 1. The van der Waals surface area contributed by atoms with E-state index in [1.165, 1.54) is 37.3 Å². The molecule has 1 atom stereocenters. The summed E-state index contributed by atoms with van der Waals surface area (Å²) < 4.78 is 10.6. The molecule has 0 aliphatic heterocycles. The Bertz CT molecular complexity index is 875. The number of ether oxygens (including phenoxy) is 2. The summed E-state index contributed by atoms with van der Waals surface area (Å²) in [5, 5.41) is 2.60. The first-order valence-corrected chi connectivity index (χ1v) is 8.72. The highest BCUT2D eigenvalue weighted by molar-refractivity contribution is 5.97. The molecule has 2 aromatic carbocycles. The van der Waals surface area contributed by atoms with Crippen molar-refractivity contribution in [2.45, 2.75) is 20.0 Å². The second-order valence-electron chi connectivity index (χ2n) is 5.81. The predicted octanol–water partition coefficient (Wildman–Crippen LogP) is 2.77. The molecule has 0 aliphatic rings. The maximum absolute atomic E-state index is 12.2. The number of hydrogen-bond donors (Lipinski definition) is 2. The lowest BCUT2D eigenvalue weighted by Crippen LogP contribution is -2.29. The van der Waals surface area contributed by atoms with Crippen LogP contribution in [0, 0.1) is 0 Å². The van der Waals surface area contributed by atoms with Gasteiger partial charge in [0, 0.05) is 22.9 Å². The molecule has 0 fully saturated rings. The highest BCUT2D eigenvalue weighted by Gasteiger charge is 2.17. The van der Waals surface area contributed by atoms with Crippen LogP contribution in [0.4, 0.5) is 5.69 Å². The molecule has 0 saturated heterocycles. The SMILES string of the molecule is CCOc1ccccc1/C=C/C(=O)OC(C)C(=O)Nc1ccc(C(N)=O)cc1. The Labute approximate surface area is 163 Å². The van der Waals surface area contributed by atoms with Crippen molar-refractivity contribution in [3.05, 3.63) is 65.7 Å². The smallest absolute Gasteiger partial charge is 0.331 e. The van der Waals surface area contributed by atoms with E-state index in [2.05, 4.69) is 5.32 Å². The summed E-state index contributed by atoms with van der Waals surface area (Å²) in [6.07, 6.45) is 1.80. The average molecular weight is 382 g/mol. The minimum atomic E-state index is -1.00. The van der Waals surface area contributed by atoms with Gasteiger partial charge in [0.1, 0.15) is 5.75 Å². The van der Waals surface area contributed by atoms with Crippen molar-refractivity contribution in [3.63, 3.8) is 0 Å². The van der Waals surface area contributed by atoms with Gasteiger partial charge < -0.3 is 20.5 Å². The largest absolute Gasteiger partial charge is 0.493 e. The van der Waals surface area contributed by atoms with Crippen LogP contribution in [-0.4, -0.2) is 30.5 Å². The van der Waals surface area contributed by atoms with Gasteiger partial charge in [-0.05, 0) is 50.3 Å². The Kier molecular flexibility index (Phi) is 7.33. The van der Waals surface area contributed by atoms with E-state index < -0.39 is 23.9 Å². The molecular formula is C21H22N2O5. The zero-order valence-electron chi connectivity index (χ0n) is 15.7. The molecule has 2 rings (SSSR count). The second kappa shape index (κ2) is 9.91. The zero-order chi connectivity index (χ0) is 20.5. The van der Waals surface area contributed by atoms with Gasteiger partial charge in [0.15, 0.2) is 6.10 Å². The van der Waals surface area contributed by atoms with Gasteiger partial charge in [-0.25, -0.2) is 4.79 Å². The highest BCUT2D eigenvalue weighted by atomic mass is 16.5. The molecule has 2 amide bonds. The molecule has 0 spiro atoms. The number of primary amides is 1. The van der Waals surface area contributed by atoms with Crippen LogP contribution in [0.2, 0.25) is 0 Å². The lowest BCUT2D eigenvalue weighted by atomic mass is 10.2. The highest BCUT2D eigenvalue weighted by Crippen LogP contribution is 2.19. The molecule has 28 heavy (non-hydrogen) atoms. The van der Waals surface area contributed by atoms with Crippen LogP contribution < -0.4 is 15.8 Å². The molecule has 2 aromatic rings. The minimum absolute atomic E-state index is 0.329. The van der Waals surface area contributed by atoms with Crippen LogP contribution in [0.25, 0.3) is 6.08 Å². The van der Waals surface area contributed by atoms with E-state index >= 15 is 0 Å². The summed E-state index contributed by atoms with van der Waals surface area (Å²) in [6, 6.07) is 13.3. The number of nitrogens with one attached hydrogen (secondary N) is 1. The normalized spacial score (nSPS) is 11.6. The lowest BCUT2D eigenvalue weighted by Gasteiger charge is -2.12. The molecule has 0 aliphatic carbocycles. The van der Waals surface area contributed by atoms with Gasteiger partial charge in [-0.15, -0.1) is 0 Å². The number of nitrogens with two attached hydrogens (primary N) is 1. The molecule has 1 unspecified atom stereocenters. The first-order chi connectivity index (χ1) is 13.4. The van der Waals surface area contributed by atoms with Gasteiger partial charge >= 0.3 is 5.97 Å². The van der Waals surface area contributed by atoms with Crippen LogP contribution >= 0.6 is 0 Å². The molecule has 3 N–H and O–H groups in total. The van der Waals surface area contributed by atoms with E-state index in [1.54, 1.807) is 18.2 Å². The topological polar surface area (TPSA) is 108 Å². The monoisotopic (exact) mass is 382 g/mol. The quantitative estimate of drug-likeness (QED) is 0.539. The number of amides is 2. The number of benzene rings is 2. The number of carbonyl (C=O) groups is 3. The van der Waals surface area contributed by atoms with E-state index in [1.807, 2.05) is 19.1 Å². The lowest BCUT2D eigenvalue weighted by molar-refractivity contribution is -0.148. The Hall–Kier alpha value is -3.61. The van der Waals surface area contributed by atoms with Crippen molar-refractivity contribution in [2.24, 2.45) is 5.73 Å². The van der Waals surface area contributed by atoms with E-state index in [4.69, 9.17) is 15.2 Å². The second-order valence-corrected chi connectivity index (χ2v) is 5.81. The summed E-state index contributed by atoms with van der Waals surface area (Å²) in [7, 11) is 0. The van der Waals surface area contributed by atoms with Gasteiger partial charge in [-0.2, -0.15) is 0 Å². The molecule has 0 saturated carbocycles. The molecule has 0 radical (unpaired) electrons. The van der Waals surface area contributed by atoms with Crippen molar-refractivity contribution in [1.29, 1.82) is 0 Å². The van der Waals surface area contributed by atoms with Crippen LogP contribution in [0.1, 0.15) is 29.8 Å². The molecule has 7 heteroatoms. The van der Waals surface area contributed by atoms with Gasteiger partial charge in [-0.1, -0.05) is 18.2 Å². The third-order valence-corrected chi connectivity index (χ3v) is 3.72. The van der Waals surface area contributed by atoms with Crippen molar-refractivity contribution in [1.82, 2.24) is 0 Å². The summed E-state index contributed by atoms with van der Waals surface area (Å²) in [6.45, 7) is 3.84. The van der Waals surface area contributed by atoms with Gasteiger partial charge in [-0.3, -0.25) is 9.59 Å². The molecule has 7 nitrogen and oxygen atoms in total. The third kappa shape index (κ3) is 5.98. The Morgan fingerprint density at radius 1 is 1.11 bits per heavy atom. The van der Waals surface area contributed by atoms with Gasteiger partial charge in [0.25, 0.3) is 5.91 Å². The first kappa shape index (κ1) is 20.7. The van der Waals surface area contributed by atoms with Crippen LogP contribution in [0.15, 0.2) is 54.6 Å². The average Bonchev–Trinajstić information content (AvgIpc) is 2.68. The molecule has 0 bridgehead atoms. The summed E-state index contributed by atoms with van der Waals surface area (Å²) in [4.78, 5) is 35.2. The molecule has 0 heterocycles. The van der Waals surface area contributed by atoms with Crippen LogP contribution in [0.5, 0.6) is 5.75 Å². The third-order valence-electron chi connectivity index (χ3n) is 3.72. The Balaban J connectivity index is 1.92. The molecular weight excluding hydrogens is 360 g/mol. The Morgan fingerprint density at radius 2 is 1.79 bits per heavy atom. The van der Waals surface area contributed by atoms with E-state index in [0.717, 1.165) is 5.56 Å². The van der Waals surface area contributed by atoms with E-state index in [9.17, 15) is 14.4 Å². The number of para-hydroxylation sites is 1. The number of esters is 1. The van der Waals surface area contributed by atoms with E-state index in [0.29, 0.717) is 23.6 Å². The summed E-state index contributed by atoms with van der Waals surface area (Å²) in [5.41, 5.74) is 6.68. The van der Waals surface area contributed by atoms with Crippen molar-refractivity contribution in [2.75, 3.05) is 11.9 Å². The van der Waals surface area contributed by atoms with E-state index in [-0.39, 0.29) is 0 Å². The van der Waals surface area contributed by atoms with Crippen molar-refractivity contribution in [3.8, 4) is 5.75 Å². The standard InChI is InChI=1S/C21H22N2O5/c1-3-27-18-7-5-4-6-15(18)10-13-19(24)28-14(2)21(26)23-17-11-8-16(9-12-17)20(22)25/h4-14H,3H2,1-2H3,(H2,22,25)(H,23,26)/b13-10+. The number of hydrogen-bond acceptors (Lipinski definition) is 5. The predicted molar refractivity (Wildman–Crippen MR) is 106 cm³/mol. The minimum Gasteiger partial charge on any atom is -0.493 e. The fourth-order valence-electron chi connectivity index (χ4n) is 2.29. The van der Waals surface area contributed by atoms with Crippen LogP contribution in [-0.2, 0) is 14.3 Å². The fourth-order valence-corrected chi connectivity index (χ4v) is 2.29. The molecule has 0 aromatic heterocycles. The van der Waals surface area contributed by atoms with Crippen molar-refractivity contribution < 1.29 is 23.9 Å². The number of rotatable bonds is 8. The van der Waals surface area contributed by atoms with Crippen LogP contribution in [0.3, 0.4) is 0 Å². The zero-order valence-corrected chi connectivity index (χ0v) is 15.7. The van der Waals surface area contributed by atoms with Gasteiger partial charge in [0.05, 0.1) is 6.61 Å². The van der Waals surface area contributed by atoms with Crippen molar-refractivity contribution >= 4 is 29.5 Å².